The highest BCUT2D eigenvalue weighted by Crippen LogP contribution is 2.08. The van der Waals surface area contributed by atoms with Crippen LogP contribution < -0.4 is 0 Å². The van der Waals surface area contributed by atoms with Crippen LogP contribution in [0.4, 0.5) is 0 Å². The Morgan fingerprint density at radius 2 is 1.92 bits per heavy atom. The van der Waals surface area contributed by atoms with E-state index in [0.29, 0.717) is 0 Å². The van der Waals surface area contributed by atoms with Crippen molar-refractivity contribution in [2.75, 3.05) is 6.61 Å². The average Bonchev–Trinajstić information content (AvgIpc) is 2.19. The van der Waals surface area contributed by atoms with Gasteiger partial charge in [0.1, 0.15) is 0 Å². The van der Waals surface area contributed by atoms with Gasteiger partial charge in [-0.1, -0.05) is 37.3 Å². The lowest BCUT2D eigenvalue weighted by Gasteiger charge is -1.99. The Bertz CT molecular complexity index is 282. The molecular formula is C12H16O. The van der Waals surface area contributed by atoms with Crippen molar-refractivity contribution in [2.45, 2.75) is 20.3 Å². The van der Waals surface area contributed by atoms with Gasteiger partial charge in [0.25, 0.3) is 0 Å². The summed E-state index contributed by atoms with van der Waals surface area (Å²) in [6.07, 6.45) is 3.07. The van der Waals surface area contributed by atoms with Crippen molar-refractivity contribution < 1.29 is 5.11 Å². The molecule has 1 N–H and O–H groups in total. The summed E-state index contributed by atoms with van der Waals surface area (Å²) in [7, 11) is 0. The third-order valence-corrected chi connectivity index (χ3v) is 2.05. The van der Waals surface area contributed by atoms with E-state index in [4.69, 9.17) is 5.11 Å². The Hall–Kier alpha value is -1.08. The number of aryl methyl sites for hydroxylation is 1. The van der Waals surface area contributed by atoms with E-state index < -0.39 is 0 Å². The fraction of sp³-hybridized carbons (Fsp3) is 0.333. The summed E-state index contributed by atoms with van der Waals surface area (Å²) >= 11 is 0. The quantitative estimate of drug-likeness (QED) is 0.750. The summed E-state index contributed by atoms with van der Waals surface area (Å²) in [5.74, 6) is 0. The van der Waals surface area contributed by atoms with Crippen LogP contribution in [0.1, 0.15) is 25.0 Å². The first-order valence-electron chi connectivity index (χ1n) is 4.63. The third kappa shape index (κ3) is 3.03. The minimum absolute atomic E-state index is 0.134. The zero-order valence-corrected chi connectivity index (χ0v) is 8.25. The molecule has 0 aliphatic heterocycles. The second kappa shape index (κ2) is 4.83. The van der Waals surface area contributed by atoms with Crippen molar-refractivity contribution >= 4 is 6.08 Å². The van der Waals surface area contributed by atoms with E-state index in [1.54, 1.807) is 0 Å². The van der Waals surface area contributed by atoms with Gasteiger partial charge in [0.2, 0.25) is 0 Å². The van der Waals surface area contributed by atoms with Crippen molar-refractivity contribution in [3.63, 3.8) is 0 Å². The molecule has 1 aromatic rings. The number of hydrogen-bond acceptors (Lipinski definition) is 1. The standard InChI is InChI=1S/C12H16O/c1-3-11-4-6-12(7-5-11)8-10(2)9-13/h4-8,13H,3,9H2,1-2H3. The van der Waals surface area contributed by atoms with Crippen LogP contribution in [0.3, 0.4) is 0 Å². The zero-order valence-electron chi connectivity index (χ0n) is 8.25. The SMILES string of the molecule is CCc1ccc(C=C(C)CO)cc1. The van der Waals surface area contributed by atoms with Crippen LogP contribution in [0.25, 0.3) is 6.08 Å². The molecule has 1 aromatic carbocycles. The first-order chi connectivity index (χ1) is 6.26. The normalized spacial score (nSPS) is 11.8. The van der Waals surface area contributed by atoms with Gasteiger partial charge in [0, 0.05) is 0 Å². The zero-order chi connectivity index (χ0) is 9.68. The Kier molecular flexibility index (Phi) is 3.71. The van der Waals surface area contributed by atoms with Crippen LogP contribution in [0.2, 0.25) is 0 Å². The lowest BCUT2D eigenvalue weighted by Crippen LogP contribution is -1.84. The summed E-state index contributed by atoms with van der Waals surface area (Å²) in [4.78, 5) is 0. The van der Waals surface area contributed by atoms with Crippen molar-refractivity contribution in [3.8, 4) is 0 Å². The minimum atomic E-state index is 0.134. The van der Waals surface area contributed by atoms with Crippen molar-refractivity contribution in [1.82, 2.24) is 0 Å². The molecule has 1 nitrogen and oxygen atoms in total. The van der Waals surface area contributed by atoms with Gasteiger partial charge in [-0.05, 0) is 30.0 Å². The fourth-order valence-electron chi connectivity index (χ4n) is 1.18. The molecule has 0 aliphatic carbocycles. The highest BCUT2D eigenvalue weighted by molar-refractivity contribution is 5.52. The summed E-state index contributed by atoms with van der Waals surface area (Å²) in [5.41, 5.74) is 3.49. The summed E-state index contributed by atoms with van der Waals surface area (Å²) in [6, 6.07) is 8.41. The summed E-state index contributed by atoms with van der Waals surface area (Å²) in [6.45, 7) is 4.20. The number of aliphatic hydroxyl groups excluding tert-OH is 1. The van der Waals surface area contributed by atoms with E-state index in [0.717, 1.165) is 17.6 Å². The van der Waals surface area contributed by atoms with E-state index in [1.807, 2.05) is 13.0 Å². The van der Waals surface area contributed by atoms with Gasteiger partial charge in [-0.2, -0.15) is 0 Å². The van der Waals surface area contributed by atoms with Gasteiger partial charge in [-0.25, -0.2) is 0 Å². The van der Waals surface area contributed by atoms with Crippen LogP contribution in [-0.4, -0.2) is 11.7 Å². The molecule has 0 fully saturated rings. The Labute approximate surface area is 79.7 Å². The molecule has 0 atom stereocenters. The van der Waals surface area contributed by atoms with Crippen LogP contribution in [0, 0.1) is 0 Å². The van der Waals surface area contributed by atoms with Gasteiger partial charge in [0.05, 0.1) is 6.61 Å². The third-order valence-electron chi connectivity index (χ3n) is 2.05. The van der Waals surface area contributed by atoms with Gasteiger partial charge in [-0.3, -0.25) is 0 Å². The van der Waals surface area contributed by atoms with Crippen LogP contribution in [-0.2, 0) is 6.42 Å². The number of benzene rings is 1. The molecule has 0 saturated heterocycles. The molecule has 0 heterocycles. The van der Waals surface area contributed by atoms with Gasteiger partial charge >= 0.3 is 0 Å². The Morgan fingerprint density at radius 1 is 1.31 bits per heavy atom. The predicted octanol–water partition coefficient (Wildman–Crippen LogP) is 2.64. The highest BCUT2D eigenvalue weighted by Gasteiger charge is 1.90. The second-order valence-electron chi connectivity index (χ2n) is 3.24. The second-order valence-corrected chi connectivity index (χ2v) is 3.24. The van der Waals surface area contributed by atoms with Gasteiger partial charge < -0.3 is 5.11 Å². The van der Waals surface area contributed by atoms with Crippen molar-refractivity contribution in [2.24, 2.45) is 0 Å². The lowest BCUT2D eigenvalue weighted by molar-refractivity contribution is 0.332. The topological polar surface area (TPSA) is 20.2 Å². The molecule has 13 heavy (non-hydrogen) atoms. The molecule has 0 unspecified atom stereocenters. The molecule has 0 bridgehead atoms. The number of rotatable bonds is 3. The molecule has 0 aliphatic rings. The maximum Gasteiger partial charge on any atom is 0.0642 e. The lowest BCUT2D eigenvalue weighted by atomic mass is 10.1. The average molecular weight is 176 g/mol. The molecule has 1 heteroatoms. The predicted molar refractivity (Wildman–Crippen MR) is 56.6 cm³/mol. The largest absolute Gasteiger partial charge is 0.392 e. The molecule has 70 valence electrons. The van der Waals surface area contributed by atoms with Gasteiger partial charge in [-0.15, -0.1) is 0 Å². The van der Waals surface area contributed by atoms with E-state index in [2.05, 4.69) is 31.2 Å². The van der Waals surface area contributed by atoms with Crippen molar-refractivity contribution in [1.29, 1.82) is 0 Å². The first-order valence-corrected chi connectivity index (χ1v) is 4.63. The molecule has 0 aromatic heterocycles. The first kappa shape index (κ1) is 10.0. The van der Waals surface area contributed by atoms with Crippen LogP contribution >= 0.6 is 0 Å². The van der Waals surface area contributed by atoms with E-state index >= 15 is 0 Å². The molecule has 0 spiro atoms. The smallest absolute Gasteiger partial charge is 0.0642 e. The maximum absolute atomic E-state index is 8.83. The van der Waals surface area contributed by atoms with E-state index in [1.165, 1.54) is 5.56 Å². The van der Waals surface area contributed by atoms with Crippen molar-refractivity contribution in [3.05, 3.63) is 41.0 Å². The number of hydrogen-bond donors (Lipinski definition) is 1. The summed E-state index contributed by atoms with van der Waals surface area (Å²) < 4.78 is 0. The molecule has 1 rings (SSSR count). The molecule has 0 saturated carbocycles. The molecule has 0 radical (unpaired) electrons. The van der Waals surface area contributed by atoms with E-state index in [9.17, 15) is 0 Å². The van der Waals surface area contributed by atoms with E-state index in [-0.39, 0.29) is 6.61 Å². The maximum atomic E-state index is 8.83. The highest BCUT2D eigenvalue weighted by atomic mass is 16.3. The Morgan fingerprint density at radius 3 is 2.38 bits per heavy atom. The molecular weight excluding hydrogens is 160 g/mol. The Balaban J connectivity index is 2.80. The summed E-state index contributed by atoms with van der Waals surface area (Å²) in [5, 5.41) is 8.83. The van der Waals surface area contributed by atoms with Crippen LogP contribution in [0.15, 0.2) is 29.8 Å². The van der Waals surface area contributed by atoms with Gasteiger partial charge in [0.15, 0.2) is 0 Å². The van der Waals surface area contributed by atoms with Crippen LogP contribution in [0.5, 0.6) is 0 Å². The number of aliphatic hydroxyl groups is 1. The minimum Gasteiger partial charge on any atom is -0.392 e. The molecule has 0 amide bonds. The fourth-order valence-corrected chi connectivity index (χ4v) is 1.18. The monoisotopic (exact) mass is 176 g/mol.